The summed E-state index contributed by atoms with van der Waals surface area (Å²) >= 11 is 0. The largest absolute Gasteiger partial charge is 0.390 e. The van der Waals surface area contributed by atoms with Gasteiger partial charge in [-0.05, 0) is 24.5 Å². The first kappa shape index (κ1) is 15.2. The number of rotatable bonds is 5. The monoisotopic (exact) mass is 308 g/mol. The predicted octanol–water partition coefficient (Wildman–Crippen LogP) is 1.47. The van der Waals surface area contributed by atoms with E-state index in [0.29, 0.717) is 13.2 Å². The molecule has 22 heavy (non-hydrogen) atoms. The van der Waals surface area contributed by atoms with E-state index in [1.165, 1.54) is 6.07 Å². The van der Waals surface area contributed by atoms with E-state index in [4.69, 9.17) is 9.47 Å². The Bertz CT molecular complexity index is 545. The van der Waals surface area contributed by atoms with E-state index in [9.17, 15) is 15.2 Å². The van der Waals surface area contributed by atoms with Crippen LogP contribution in [0.5, 0.6) is 0 Å². The molecule has 1 aromatic carbocycles. The van der Waals surface area contributed by atoms with Gasteiger partial charge in [0.2, 0.25) is 0 Å². The van der Waals surface area contributed by atoms with E-state index in [1.807, 2.05) is 6.07 Å². The number of ether oxygens (including phenoxy) is 2. The second kappa shape index (κ2) is 6.60. The molecule has 120 valence electrons. The zero-order valence-electron chi connectivity index (χ0n) is 12.3. The van der Waals surface area contributed by atoms with Crippen LogP contribution in [0.2, 0.25) is 0 Å². The van der Waals surface area contributed by atoms with Crippen molar-refractivity contribution in [2.45, 2.75) is 31.7 Å². The standard InChI is InChI=1S/C15H20N2O5/c18-14-1-2-15(14)22-10-11-7-12(9-13(8-11)17(19)20)16-3-5-21-6-4-16/h7-9,14-15,18H,1-6,10H2. The summed E-state index contributed by atoms with van der Waals surface area (Å²) in [5, 5.41) is 20.7. The molecule has 1 aromatic rings. The molecule has 1 saturated heterocycles. The fourth-order valence-electron chi connectivity index (χ4n) is 2.70. The van der Waals surface area contributed by atoms with E-state index >= 15 is 0 Å². The van der Waals surface area contributed by atoms with Gasteiger partial charge in [0, 0.05) is 30.9 Å². The Balaban J connectivity index is 1.75. The Labute approximate surface area is 128 Å². The molecule has 2 unspecified atom stereocenters. The molecule has 0 bridgehead atoms. The number of hydrogen-bond acceptors (Lipinski definition) is 6. The third-order valence-corrected chi connectivity index (χ3v) is 4.19. The molecule has 0 aromatic heterocycles. The van der Waals surface area contributed by atoms with Gasteiger partial charge >= 0.3 is 0 Å². The molecule has 0 amide bonds. The van der Waals surface area contributed by atoms with Crippen molar-refractivity contribution in [3.8, 4) is 0 Å². The summed E-state index contributed by atoms with van der Waals surface area (Å²) in [6.45, 7) is 2.98. The fourth-order valence-corrected chi connectivity index (χ4v) is 2.70. The van der Waals surface area contributed by atoms with Crippen LogP contribution in [0.3, 0.4) is 0 Å². The van der Waals surface area contributed by atoms with Crippen molar-refractivity contribution in [2.75, 3.05) is 31.2 Å². The normalized spacial score (nSPS) is 24.9. The lowest BCUT2D eigenvalue weighted by molar-refractivity contribution is -0.384. The van der Waals surface area contributed by atoms with Crippen LogP contribution in [-0.2, 0) is 16.1 Å². The van der Waals surface area contributed by atoms with Gasteiger partial charge in [-0.3, -0.25) is 10.1 Å². The van der Waals surface area contributed by atoms with E-state index in [1.54, 1.807) is 6.07 Å². The highest BCUT2D eigenvalue weighted by atomic mass is 16.6. The van der Waals surface area contributed by atoms with Crippen LogP contribution >= 0.6 is 0 Å². The average Bonchev–Trinajstić information content (AvgIpc) is 2.54. The number of nitro groups is 1. The molecule has 7 heteroatoms. The minimum absolute atomic E-state index is 0.0664. The summed E-state index contributed by atoms with van der Waals surface area (Å²) in [6, 6.07) is 5.05. The van der Waals surface area contributed by atoms with Crippen molar-refractivity contribution in [3.05, 3.63) is 33.9 Å². The molecule has 1 aliphatic heterocycles. The molecular formula is C15H20N2O5. The molecule has 2 fully saturated rings. The number of aliphatic hydroxyl groups excluding tert-OH is 1. The minimum Gasteiger partial charge on any atom is -0.390 e. The van der Waals surface area contributed by atoms with Gasteiger partial charge in [-0.1, -0.05) is 0 Å². The Morgan fingerprint density at radius 1 is 1.32 bits per heavy atom. The first-order chi connectivity index (χ1) is 10.6. The third-order valence-electron chi connectivity index (χ3n) is 4.19. The average molecular weight is 308 g/mol. The van der Waals surface area contributed by atoms with Crippen molar-refractivity contribution in [1.29, 1.82) is 0 Å². The van der Waals surface area contributed by atoms with E-state index < -0.39 is 6.10 Å². The first-order valence-corrected chi connectivity index (χ1v) is 7.54. The summed E-state index contributed by atoms with van der Waals surface area (Å²) in [6.07, 6.45) is 1.05. The molecule has 3 rings (SSSR count). The lowest BCUT2D eigenvalue weighted by Gasteiger charge is -2.32. The number of hydrogen-bond donors (Lipinski definition) is 1. The first-order valence-electron chi connectivity index (χ1n) is 7.54. The Hall–Kier alpha value is -1.70. The zero-order chi connectivity index (χ0) is 15.5. The molecular weight excluding hydrogens is 288 g/mol. The number of morpholine rings is 1. The Morgan fingerprint density at radius 3 is 2.68 bits per heavy atom. The van der Waals surface area contributed by atoms with E-state index in [2.05, 4.69) is 4.90 Å². The van der Waals surface area contributed by atoms with Crippen molar-refractivity contribution >= 4 is 11.4 Å². The zero-order valence-corrected chi connectivity index (χ0v) is 12.3. The highest BCUT2D eigenvalue weighted by Gasteiger charge is 2.29. The molecule has 0 spiro atoms. The third kappa shape index (κ3) is 3.37. The maximum Gasteiger partial charge on any atom is 0.271 e. The van der Waals surface area contributed by atoms with Crippen molar-refractivity contribution in [3.63, 3.8) is 0 Å². The van der Waals surface area contributed by atoms with Crippen molar-refractivity contribution in [1.82, 2.24) is 0 Å². The summed E-state index contributed by atoms with van der Waals surface area (Å²) < 4.78 is 11.0. The minimum atomic E-state index is -0.405. The van der Waals surface area contributed by atoms with Crippen LogP contribution in [0.15, 0.2) is 18.2 Å². The maximum atomic E-state index is 11.1. The molecule has 7 nitrogen and oxygen atoms in total. The number of anilines is 1. The highest BCUT2D eigenvalue weighted by Crippen LogP contribution is 2.28. The summed E-state index contributed by atoms with van der Waals surface area (Å²) in [4.78, 5) is 12.8. The van der Waals surface area contributed by atoms with Crippen LogP contribution in [0.4, 0.5) is 11.4 Å². The number of benzene rings is 1. The molecule has 1 N–H and O–H groups in total. The second-order valence-electron chi connectivity index (χ2n) is 5.71. The van der Waals surface area contributed by atoms with Gasteiger partial charge in [0.05, 0.1) is 37.0 Å². The quantitative estimate of drug-likeness (QED) is 0.655. The Morgan fingerprint density at radius 2 is 2.09 bits per heavy atom. The van der Waals surface area contributed by atoms with Gasteiger partial charge in [-0.15, -0.1) is 0 Å². The molecule has 1 heterocycles. The van der Waals surface area contributed by atoms with E-state index in [-0.39, 0.29) is 23.3 Å². The number of aliphatic hydroxyl groups is 1. The molecule has 2 aliphatic rings. The maximum absolute atomic E-state index is 11.1. The number of nitrogens with zero attached hydrogens (tertiary/aromatic N) is 2. The van der Waals surface area contributed by atoms with Crippen LogP contribution in [0.1, 0.15) is 18.4 Å². The summed E-state index contributed by atoms with van der Waals surface area (Å²) in [5.41, 5.74) is 1.65. The van der Waals surface area contributed by atoms with Gasteiger partial charge < -0.3 is 19.5 Å². The van der Waals surface area contributed by atoms with Gasteiger partial charge in [0.25, 0.3) is 5.69 Å². The summed E-state index contributed by atoms with van der Waals surface area (Å²) in [7, 11) is 0. The predicted molar refractivity (Wildman–Crippen MR) is 79.9 cm³/mol. The van der Waals surface area contributed by atoms with Gasteiger partial charge in [-0.25, -0.2) is 0 Å². The molecule has 0 radical (unpaired) electrons. The van der Waals surface area contributed by atoms with Gasteiger partial charge in [0.1, 0.15) is 0 Å². The fraction of sp³-hybridized carbons (Fsp3) is 0.600. The molecule has 1 saturated carbocycles. The molecule has 1 aliphatic carbocycles. The highest BCUT2D eigenvalue weighted by molar-refractivity contribution is 5.56. The van der Waals surface area contributed by atoms with Crippen molar-refractivity contribution < 1.29 is 19.5 Å². The number of non-ortho nitro benzene ring substituents is 1. The number of nitro benzene ring substituents is 1. The SMILES string of the molecule is O=[N+]([O-])c1cc(COC2CCC2O)cc(N2CCOCC2)c1. The smallest absolute Gasteiger partial charge is 0.271 e. The van der Waals surface area contributed by atoms with Crippen LogP contribution in [0, 0.1) is 10.1 Å². The lowest BCUT2D eigenvalue weighted by Crippen LogP contribution is -2.38. The van der Waals surface area contributed by atoms with Crippen molar-refractivity contribution in [2.24, 2.45) is 0 Å². The van der Waals surface area contributed by atoms with Gasteiger partial charge in [0.15, 0.2) is 0 Å². The Kier molecular flexibility index (Phi) is 4.56. The van der Waals surface area contributed by atoms with Crippen LogP contribution < -0.4 is 4.90 Å². The van der Waals surface area contributed by atoms with E-state index in [0.717, 1.165) is 37.2 Å². The van der Waals surface area contributed by atoms with Crippen LogP contribution in [0.25, 0.3) is 0 Å². The molecule has 2 atom stereocenters. The van der Waals surface area contributed by atoms with Crippen LogP contribution in [-0.4, -0.2) is 48.5 Å². The van der Waals surface area contributed by atoms with Gasteiger partial charge in [-0.2, -0.15) is 0 Å². The summed E-state index contributed by atoms with van der Waals surface area (Å²) in [5.74, 6) is 0. The lowest BCUT2D eigenvalue weighted by atomic mass is 9.92. The second-order valence-corrected chi connectivity index (χ2v) is 5.71. The topological polar surface area (TPSA) is 85.1 Å².